The van der Waals surface area contributed by atoms with Crippen molar-refractivity contribution in [3.05, 3.63) is 12.7 Å². The molecule has 0 aromatic carbocycles. The molecule has 2 rings (SSSR count). The van der Waals surface area contributed by atoms with Gasteiger partial charge in [-0.15, -0.1) is 6.58 Å². The van der Waals surface area contributed by atoms with E-state index in [2.05, 4.69) is 18.8 Å². The summed E-state index contributed by atoms with van der Waals surface area (Å²) in [5, 5.41) is 3.39. The molecule has 3 nitrogen and oxygen atoms in total. The quantitative estimate of drug-likeness (QED) is 0.654. The lowest BCUT2D eigenvalue weighted by Crippen LogP contribution is -2.37. The first-order chi connectivity index (χ1) is 6.74. The number of amides is 1. The zero-order valence-electron chi connectivity index (χ0n) is 8.70. The number of fused-ring (bicyclic) bond motifs is 1. The molecule has 0 aromatic heterocycles. The van der Waals surface area contributed by atoms with Crippen molar-refractivity contribution in [2.75, 3.05) is 19.6 Å². The summed E-state index contributed by atoms with van der Waals surface area (Å²) in [6.07, 6.45) is 2.18. The Morgan fingerprint density at radius 1 is 1.64 bits per heavy atom. The summed E-state index contributed by atoms with van der Waals surface area (Å²) >= 11 is 0. The fourth-order valence-corrected chi connectivity index (χ4v) is 2.74. The van der Waals surface area contributed by atoms with Gasteiger partial charge in [-0.3, -0.25) is 4.79 Å². The second-order valence-corrected chi connectivity index (χ2v) is 4.36. The van der Waals surface area contributed by atoms with E-state index >= 15 is 0 Å². The van der Waals surface area contributed by atoms with Crippen LogP contribution >= 0.6 is 0 Å². The highest BCUT2D eigenvalue weighted by atomic mass is 16.2. The first kappa shape index (κ1) is 9.71. The summed E-state index contributed by atoms with van der Waals surface area (Å²) in [5.41, 5.74) is 0. The van der Waals surface area contributed by atoms with Gasteiger partial charge < -0.3 is 10.2 Å². The van der Waals surface area contributed by atoms with E-state index in [-0.39, 0.29) is 5.91 Å². The van der Waals surface area contributed by atoms with Crippen LogP contribution in [0.5, 0.6) is 0 Å². The fraction of sp³-hybridized carbons (Fsp3) is 0.727. The van der Waals surface area contributed by atoms with Gasteiger partial charge >= 0.3 is 0 Å². The van der Waals surface area contributed by atoms with Gasteiger partial charge in [0, 0.05) is 32.1 Å². The number of carbonyl (C=O) groups excluding carboxylic acids is 1. The van der Waals surface area contributed by atoms with E-state index in [1.165, 1.54) is 0 Å². The number of rotatable bonds is 2. The van der Waals surface area contributed by atoms with Crippen molar-refractivity contribution in [2.24, 2.45) is 11.8 Å². The molecule has 0 bridgehead atoms. The third-order valence-electron chi connectivity index (χ3n) is 3.57. The fourth-order valence-electron chi connectivity index (χ4n) is 2.74. The van der Waals surface area contributed by atoms with Crippen LogP contribution in [0.4, 0.5) is 0 Å². The first-order valence-electron chi connectivity index (χ1n) is 5.35. The normalized spacial score (nSPS) is 35.8. The molecule has 2 aliphatic heterocycles. The maximum absolute atomic E-state index is 11.7. The summed E-state index contributed by atoms with van der Waals surface area (Å²) < 4.78 is 0. The highest BCUT2D eigenvalue weighted by Gasteiger charge is 2.43. The molecular weight excluding hydrogens is 176 g/mol. The van der Waals surface area contributed by atoms with E-state index in [1.54, 1.807) is 6.08 Å². The van der Waals surface area contributed by atoms with Gasteiger partial charge in [0.1, 0.15) is 0 Å². The third kappa shape index (κ3) is 1.46. The van der Waals surface area contributed by atoms with Crippen LogP contribution in [-0.2, 0) is 4.79 Å². The molecule has 14 heavy (non-hydrogen) atoms. The third-order valence-corrected chi connectivity index (χ3v) is 3.57. The number of hydrogen-bond acceptors (Lipinski definition) is 2. The van der Waals surface area contributed by atoms with Crippen molar-refractivity contribution in [1.82, 2.24) is 10.2 Å². The van der Waals surface area contributed by atoms with E-state index in [9.17, 15) is 4.79 Å². The average molecular weight is 194 g/mol. The Morgan fingerprint density at radius 2 is 2.43 bits per heavy atom. The molecule has 0 spiro atoms. The van der Waals surface area contributed by atoms with Gasteiger partial charge in [-0.2, -0.15) is 0 Å². The van der Waals surface area contributed by atoms with E-state index in [0.29, 0.717) is 24.3 Å². The SMILES string of the molecule is C=CCC(=O)N1CC2CNCC2C1C. The molecule has 2 saturated heterocycles. The molecule has 1 amide bonds. The van der Waals surface area contributed by atoms with Crippen molar-refractivity contribution >= 4 is 5.91 Å². The van der Waals surface area contributed by atoms with Crippen LogP contribution in [0.3, 0.4) is 0 Å². The summed E-state index contributed by atoms with van der Waals surface area (Å²) in [6, 6.07) is 0.405. The second kappa shape index (κ2) is 3.73. The van der Waals surface area contributed by atoms with Crippen LogP contribution in [-0.4, -0.2) is 36.5 Å². The lowest BCUT2D eigenvalue weighted by atomic mass is 9.95. The van der Waals surface area contributed by atoms with Crippen molar-refractivity contribution in [3.8, 4) is 0 Å². The van der Waals surface area contributed by atoms with E-state index < -0.39 is 0 Å². The smallest absolute Gasteiger partial charge is 0.226 e. The van der Waals surface area contributed by atoms with Gasteiger partial charge in [-0.1, -0.05) is 6.08 Å². The van der Waals surface area contributed by atoms with Crippen molar-refractivity contribution in [2.45, 2.75) is 19.4 Å². The number of likely N-dealkylation sites (tertiary alicyclic amines) is 1. The molecule has 78 valence electrons. The molecule has 0 saturated carbocycles. The molecule has 3 unspecified atom stereocenters. The van der Waals surface area contributed by atoms with Gasteiger partial charge in [0.2, 0.25) is 5.91 Å². The summed E-state index contributed by atoms with van der Waals surface area (Å²) in [5.74, 6) is 1.59. The summed E-state index contributed by atoms with van der Waals surface area (Å²) in [4.78, 5) is 13.7. The molecule has 2 heterocycles. The zero-order chi connectivity index (χ0) is 10.1. The molecule has 3 heteroatoms. The maximum atomic E-state index is 11.7. The predicted molar refractivity (Wildman–Crippen MR) is 55.8 cm³/mol. The Morgan fingerprint density at radius 3 is 3.07 bits per heavy atom. The largest absolute Gasteiger partial charge is 0.339 e. The first-order valence-corrected chi connectivity index (χ1v) is 5.35. The summed E-state index contributed by atoms with van der Waals surface area (Å²) in [6.45, 7) is 8.86. The molecular formula is C11H18N2O. The minimum absolute atomic E-state index is 0.238. The highest BCUT2D eigenvalue weighted by Crippen LogP contribution is 2.32. The van der Waals surface area contributed by atoms with Crippen LogP contribution in [0.25, 0.3) is 0 Å². The Labute approximate surface area is 85.2 Å². The van der Waals surface area contributed by atoms with Gasteiger partial charge in [-0.05, 0) is 18.8 Å². The molecule has 1 N–H and O–H groups in total. The van der Waals surface area contributed by atoms with Gasteiger partial charge in [0.15, 0.2) is 0 Å². The highest BCUT2D eigenvalue weighted by molar-refractivity contribution is 5.78. The monoisotopic (exact) mass is 194 g/mol. The number of carbonyl (C=O) groups is 1. The van der Waals surface area contributed by atoms with Crippen molar-refractivity contribution in [3.63, 3.8) is 0 Å². The van der Waals surface area contributed by atoms with Crippen LogP contribution in [0, 0.1) is 11.8 Å². The molecule has 0 radical (unpaired) electrons. The van der Waals surface area contributed by atoms with Gasteiger partial charge in [0.05, 0.1) is 0 Å². The van der Waals surface area contributed by atoms with Crippen LogP contribution in [0.15, 0.2) is 12.7 Å². The lowest BCUT2D eigenvalue weighted by Gasteiger charge is -2.23. The second-order valence-electron chi connectivity index (χ2n) is 4.36. The number of nitrogens with zero attached hydrogens (tertiary/aromatic N) is 1. The standard InChI is InChI=1S/C11H18N2O/c1-3-4-11(14)13-7-9-5-12-6-10(9)8(13)2/h3,8-10,12H,1,4-7H2,2H3. The van der Waals surface area contributed by atoms with Crippen LogP contribution in [0.2, 0.25) is 0 Å². The minimum Gasteiger partial charge on any atom is -0.339 e. The Bertz CT molecular complexity index is 252. The molecule has 0 aromatic rings. The maximum Gasteiger partial charge on any atom is 0.226 e. The van der Waals surface area contributed by atoms with Crippen LogP contribution < -0.4 is 5.32 Å². The van der Waals surface area contributed by atoms with Gasteiger partial charge in [0.25, 0.3) is 0 Å². The number of hydrogen-bond donors (Lipinski definition) is 1. The van der Waals surface area contributed by atoms with Gasteiger partial charge in [-0.25, -0.2) is 0 Å². The van der Waals surface area contributed by atoms with Crippen molar-refractivity contribution < 1.29 is 4.79 Å². The molecule has 0 aliphatic carbocycles. The van der Waals surface area contributed by atoms with E-state index in [4.69, 9.17) is 0 Å². The Balaban J connectivity index is 2.02. The van der Waals surface area contributed by atoms with Crippen LogP contribution in [0.1, 0.15) is 13.3 Å². The van der Waals surface area contributed by atoms with E-state index in [1.807, 2.05) is 4.90 Å². The zero-order valence-corrected chi connectivity index (χ0v) is 8.70. The Hall–Kier alpha value is -0.830. The minimum atomic E-state index is 0.238. The molecule has 2 fully saturated rings. The van der Waals surface area contributed by atoms with E-state index in [0.717, 1.165) is 19.6 Å². The molecule has 2 aliphatic rings. The Kier molecular flexibility index (Phi) is 2.59. The topological polar surface area (TPSA) is 32.3 Å². The number of nitrogens with one attached hydrogen (secondary N) is 1. The van der Waals surface area contributed by atoms with Crippen molar-refractivity contribution in [1.29, 1.82) is 0 Å². The predicted octanol–water partition coefficient (Wildman–Crippen LogP) is 0.629. The summed E-state index contributed by atoms with van der Waals surface area (Å²) in [7, 11) is 0. The molecule has 3 atom stereocenters. The lowest BCUT2D eigenvalue weighted by molar-refractivity contribution is -0.131. The average Bonchev–Trinajstić information content (AvgIpc) is 2.69.